The quantitative estimate of drug-likeness (QED) is 0.320. The second-order valence-electron chi connectivity index (χ2n) is 8.40. The molecule has 2 atom stereocenters. The second kappa shape index (κ2) is 10.7. The minimum atomic E-state index is -1.72. The van der Waals surface area contributed by atoms with Crippen LogP contribution in [0.1, 0.15) is 52.9 Å². The summed E-state index contributed by atoms with van der Waals surface area (Å²) in [6, 6.07) is 33.9. The molecule has 0 aromatic heterocycles. The predicted molar refractivity (Wildman–Crippen MR) is 133 cm³/mol. The van der Waals surface area contributed by atoms with Crippen molar-refractivity contribution in [2.75, 3.05) is 0 Å². The van der Waals surface area contributed by atoms with Gasteiger partial charge in [-0.15, -0.1) is 0 Å². The Bertz CT molecular complexity index is 729. The third-order valence-corrected chi connectivity index (χ3v) is 11.2. The molecule has 0 radical (unpaired) electrons. The summed E-state index contributed by atoms with van der Waals surface area (Å²) in [5.74, 6) is 0.838. The number of hydrogen-bond donors (Lipinski definition) is 0. The molecule has 0 aliphatic rings. The standard InChI is InChI=1S/C28H36P/c1-4-15-24(2)16-14-17-25(3)29(26-18-8-5-9-19-26,27-20-10-6-11-21-27)28-22-12-7-13-23-28/h5-13,18-25H,4,14-17H2,1-3H3/q+1. The van der Waals surface area contributed by atoms with Gasteiger partial charge in [0, 0.05) is 0 Å². The highest BCUT2D eigenvalue weighted by atomic mass is 31.2. The van der Waals surface area contributed by atoms with Crippen molar-refractivity contribution in [1.82, 2.24) is 0 Å². The Kier molecular flexibility index (Phi) is 8.08. The minimum Gasteiger partial charge on any atom is -0.0654 e. The highest BCUT2D eigenvalue weighted by Gasteiger charge is 2.49. The molecule has 3 aromatic carbocycles. The van der Waals surface area contributed by atoms with Gasteiger partial charge in [-0.25, -0.2) is 0 Å². The first-order chi connectivity index (χ1) is 14.2. The fourth-order valence-corrected chi connectivity index (χ4v) is 9.71. The van der Waals surface area contributed by atoms with E-state index in [1.165, 1.54) is 48.0 Å². The molecule has 0 aliphatic carbocycles. The molecule has 0 saturated carbocycles. The van der Waals surface area contributed by atoms with Gasteiger partial charge in [0.05, 0.1) is 5.66 Å². The van der Waals surface area contributed by atoms with Crippen molar-refractivity contribution >= 4 is 23.2 Å². The molecule has 29 heavy (non-hydrogen) atoms. The lowest BCUT2D eigenvalue weighted by Crippen LogP contribution is -2.37. The van der Waals surface area contributed by atoms with E-state index in [0.29, 0.717) is 5.66 Å². The molecule has 3 aromatic rings. The van der Waals surface area contributed by atoms with E-state index in [1.54, 1.807) is 0 Å². The normalized spacial score (nSPS) is 13.8. The van der Waals surface area contributed by atoms with Crippen LogP contribution in [-0.4, -0.2) is 5.66 Å². The molecule has 0 bridgehead atoms. The lowest BCUT2D eigenvalue weighted by atomic mass is 9.99. The van der Waals surface area contributed by atoms with E-state index in [9.17, 15) is 0 Å². The van der Waals surface area contributed by atoms with Crippen molar-refractivity contribution in [3.05, 3.63) is 91.0 Å². The van der Waals surface area contributed by atoms with Crippen LogP contribution in [0.3, 0.4) is 0 Å². The lowest BCUT2D eigenvalue weighted by molar-refractivity contribution is 0.460. The lowest BCUT2D eigenvalue weighted by Gasteiger charge is -2.33. The Labute approximate surface area is 178 Å². The third-order valence-electron chi connectivity index (χ3n) is 6.25. The summed E-state index contributed by atoms with van der Waals surface area (Å²) in [6.07, 6.45) is 6.59. The van der Waals surface area contributed by atoms with Gasteiger partial charge in [0.25, 0.3) is 0 Å². The zero-order valence-corrected chi connectivity index (χ0v) is 19.2. The first-order valence-corrected chi connectivity index (χ1v) is 13.1. The molecule has 0 aliphatic heterocycles. The highest BCUT2D eigenvalue weighted by Crippen LogP contribution is 2.60. The van der Waals surface area contributed by atoms with Gasteiger partial charge in [0.2, 0.25) is 0 Å². The Hall–Kier alpha value is -1.91. The average Bonchev–Trinajstić information content (AvgIpc) is 2.77. The molecule has 0 fully saturated rings. The van der Waals surface area contributed by atoms with Gasteiger partial charge in [0.1, 0.15) is 23.2 Å². The molecule has 0 heterocycles. The van der Waals surface area contributed by atoms with Crippen molar-refractivity contribution < 1.29 is 0 Å². The highest BCUT2D eigenvalue weighted by molar-refractivity contribution is 7.96. The fourth-order valence-electron chi connectivity index (χ4n) is 4.79. The Balaban J connectivity index is 2.05. The van der Waals surface area contributed by atoms with Gasteiger partial charge >= 0.3 is 0 Å². The van der Waals surface area contributed by atoms with Crippen LogP contribution in [0.2, 0.25) is 0 Å². The van der Waals surface area contributed by atoms with Crippen LogP contribution in [0.4, 0.5) is 0 Å². The molecule has 1 heteroatoms. The maximum absolute atomic E-state index is 2.51. The second-order valence-corrected chi connectivity index (χ2v) is 12.3. The van der Waals surface area contributed by atoms with Crippen LogP contribution in [0, 0.1) is 5.92 Å². The fraction of sp³-hybridized carbons (Fsp3) is 0.357. The molecule has 0 spiro atoms. The van der Waals surface area contributed by atoms with E-state index in [4.69, 9.17) is 0 Å². The summed E-state index contributed by atoms with van der Waals surface area (Å²) < 4.78 is 0. The Morgan fingerprint density at radius 3 is 1.38 bits per heavy atom. The predicted octanol–water partition coefficient (Wildman–Crippen LogP) is 6.98. The van der Waals surface area contributed by atoms with Gasteiger partial charge in [0.15, 0.2) is 0 Å². The van der Waals surface area contributed by atoms with E-state index >= 15 is 0 Å². The van der Waals surface area contributed by atoms with E-state index in [0.717, 1.165) is 5.92 Å². The van der Waals surface area contributed by atoms with Gasteiger partial charge in [-0.1, -0.05) is 87.7 Å². The number of benzene rings is 3. The zero-order valence-electron chi connectivity index (χ0n) is 18.3. The Morgan fingerprint density at radius 1 is 0.586 bits per heavy atom. The smallest absolute Gasteiger partial charge is 0.0654 e. The first-order valence-electron chi connectivity index (χ1n) is 11.2. The van der Waals surface area contributed by atoms with Gasteiger partial charge in [-0.3, -0.25) is 0 Å². The van der Waals surface area contributed by atoms with Crippen LogP contribution < -0.4 is 15.9 Å². The third kappa shape index (κ3) is 4.99. The van der Waals surface area contributed by atoms with Crippen molar-refractivity contribution in [1.29, 1.82) is 0 Å². The van der Waals surface area contributed by atoms with Crippen LogP contribution >= 0.6 is 7.26 Å². The van der Waals surface area contributed by atoms with Crippen LogP contribution in [0.25, 0.3) is 0 Å². The Morgan fingerprint density at radius 2 is 1.00 bits per heavy atom. The van der Waals surface area contributed by atoms with E-state index in [1.807, 2.05) is 0 Å². The van der Waals surface area contributed by atoms with Gasteiger partial charge in [-0.05, 0) is 62.1 Å². The molecule has 152 valence electrons. The molecule has 0 nitrogen and oxygen atoms in total. The summed E-state index contributed by atoms with van der Waals surface area (Å²) in [4.78, 5) is 0. The summed E-state index contributed by atoms with van der Waals surface area (Å²) >= 11 is 0. The van der Waals surface area contributed by atoms with Gasteiger partial charge in [-0.2, -0.15) is 0 Å². The van der Waals surface area contributed by atoms with Crippen LogP contribution in [-0.2, 0) is 0 Å². The van der Waals surface area contributed by atoms with Crippen molar-refractivity contribution in [3.63, 3.8) is 0 Å². The molecular formula is C28H36P+. The van der Waals surface area contributed by atoms with Crippen molar-refractivity contribution in [2.24, 2.45) is 5.92 Å². The van der Waals surface area contributed by atoms with Crippen LogP contribution in [0.5, 0.6) is 0 Å². The van der Waals surface area contributed by atoms with Crippen molar-refractivity contribution in [2.45, 2.75) is 58.5 Å². The number of hydrogen-bond acceptors (Lipinski definition) is 0. The minimum absolute atomic E-state index is 0.614. The first kappa shape index (κ1) is 21.8. The average molecular weight is 404 g/mol. The summed E-state index contributed by atoms with van der Waals surface area (Å²) in [7, 11) is -1.72. The maximum atomic E-state index is 2.51. The SMILES string of the molecule is CCCC(C)CCCC(C)[P+](c1ccccc1)(c1ccccc1)c1ccccc1. The summed E-state index contributed by atoms with van der Waals surface area (Å²) in [6.45, 7) is 7.23. The topological polar surface area (TPSA) is 0 Å². The van der Waals surface area contributed by atoms with E-state index in [2.05, 4.69) is 112 Å². The monoisotopic (exact) mass is 403 g/mol. The molecule has 2 unspecified atom stereocenters. The maximum Gasteiger partial charge on any atom is 0.114 e. The molecule has 0 amide bonds. The van der Waals surface area contributed by atoms with Gasteiger partial charge < -0.3 is 0 Å². The van der Waals surface area contributed by atoms with E-state index < -0.39 is 7.26 Å². The van der Waals surface area contributed by atoms with E-state index in [-0.39, 0.29) is 0 Å². The summed E-state index contributed by atoms with van der Waals surface area (Å²) in [5.41, 5.74) is 0.614. The molecule has 0 saturated heterocycles. The molecule has 0 N–H and O–H groups in total. The molecule has 3 rings (SSSR count). The zero-order chi connectivity index (χ0) is 20.5. The van der Waals surface area contributed by atoms with Crippen molar-refractivity contribution in [3.8, 4) is 0 Å². The number of rotatable bonds is 10. The van der Waals surface area contributed by atoms with Crippen LogP contribution in [0.15, 0.2) is 91.0 Å². The summed E-state index contributed by atoms with van der Waals surface area (Å²) in [5, 5.41) is 4.52. The largest absolute Gasteiger partial charge is 0.114 e. The molecular weight excluding hydrogens is 367 g/mol.